The monoisotopic (exact) mass is 285 g/mol. The van der Waals surface area contributed by atoms with Gasteiger partial charge in [0.1, 0.15) is 11.5 Å². The first-order valence-electron chi connectivity index (χ1n) is 6.75. The number of aromatic amines is 2. The van der Waals surface area contributed by atoms with Crippen molar-refractivity contribution in [3.8, 4) is 0 Å². The minimum Gasteiger partial charge on any atom is -0.396 e. The lowest BCUT2D eigenvalue weighted by atomic mass is 10.2. The van der Waals surface area contributed by atoms with E-state index in [0.29, 0.717) is 18.9 Å². The molecular weight excluding hydrogens is 262 g/mol. The number of nitrogens with two attached hydrogens (primary N) is 1. The smallest absolute Gasteiger partial charge is 0.327 e. The van der Waals surface area contributed by atoms with Crippen molar-refractivity contribution < 1.29 is 5.11 Å². The second kappa shape index (κ2) is 8.39. The molecule has 20 heavy (non-hydrogen) atoms. The second-order valence-corrected chi connectivity index (χ2v) is 4.73. The van der Waals surface area contributed by atoms with Crippen molar-refractivity contribution in [2.45, 2.75) is 32.2 Å². The molecule has 1 aromatic rings. The highest BCUT2D eigenvalue weighted by Gasteiger charge is 2.09. The van der Waals surface area contributed by atoms with Gasteiger partial charge >= 0.3 is 5.69 Å². The number of unbranched alkanes of at least 4 members (excludes halogenated alkanes) is 2. The predicted molar refractivity (Wildman–Crippen MR) is 79.2 cm³/mol. The van der Waals surface area contributed by atoms with Gasteiger partial charge in [0.2, 0.25) is 0 Å². The summed E-state index contributed by atoms with van der Waals surface area (Å²) in [6.07, 6.45) is 2.45. The van der Waals surface area contributed by atoms with Crippen molar-refractivity contribution in [1.29, 1.82) is 0 Å². The number of rotatable bonds is 9. The van der Waals surface area contributed by atoms with Crippen molar-refractivity contribution in [3.05, 3.63) is 20.8 Å². The Balaban J connectivity index is 2.71. The lowest BCUT2D eigenvalue weighted by Gasteiger charge is -2.13. The Morgan fingerprint density at radius 2 is 1.95 bits per heavy atom. The van der Waals surface area contributed by atoms with Crippen molar-refractivity contribution in [3.63, 3.8) is 0 Å². The van der Waals surface area contributed by atoms with Gasteiger partial charge in [0.25, 0.3) is 5.56 Å². The Morgan fingerprint density at radius 3 is 2.60 bits per heavy atom. The fourth-order valence-electron chi connectivity index (χ4n) is 1.68. The van der Waals surface area contributed by atoms with Gasteiger partial charge in [0.05, 0.1) is 0 Å². The Bertz CT molecular complexity index is 509. The molecule has 8 heteroatoms. The molecule has 0 aromatic carbocycles. The molecule has 0 radical (unpaired) electrons. The van der Waals surface area contributed by atoms with E-state index in [1.165, 1.54) is 0 Å². The number of aromatic nitrogens is 2. The third-order valence-corrected chi connectivity index (χ3v) is 2.68. The summed E-state index contributed by atoms with van der Waals surface area (Å²) >= 11 is 0. The maximum absolute atomic E-state index is 11.8. The van der Waals surface area contributed by atoms with E-state index in [0.717, 1.165) is 19.3 Å². The van der Waals surface area contributed by atoms with Crippen molar-refractivity contribution in [2.75, 3.05) is 30.3 Å². The molecule has 0 amide bonds. The number of nitrogens with one attached hydrogen (secondary N) is 4. The van der Waals surface area contributed by atoms with Crippen LogP contribution in [0, 0.1) is 0 Å². The Hall–Kier alpha value is -1.80. The van der Waals surface area contributed by atoms with Gasteiger partial charge in [0.15, 0.2) is 0 Å². The van der Waals surface area contributed by atoms with Crippen LogP contribution in [0.3, 0.4) is 0 Å². The highest BCUT2D eigenvalue weighted by molar-refractivity contribution is 5.62. The molecule has 0 aliphatic heterocycles. The number of anilines is 2. The minimum absolute atomic E-state index is 0.112. The maximum atomic E-state index is 11.8. The summed E-state index contributed by atoms with van der Waals surface area (Å²) in [5.74, 6) is 0.364. The molecule has 0 unspecified atom stereocenters. The highest BCUT2D eigenvalue weighted by atomic mass is 16.3. The first-order valence-corrected chi connectivity index (χ1v) is 6.75. The van der Waals surface area contributed by atoms with E-state index in [2.05, 4.69) is 20.6 Å². The van der Waals surface area contributed by atoms with Crippen LogP contribution in [0.5, 0.6) is 0 Å². The molecule has 0 saturated heterocycles. The molecular formula is C12H23N5O3. The molecule has 0 spiro atoms. The number of hydrogen-bond acceptors (Lipinski definition) is 6. The first kappa shape index (κ1) is 16.3. The normalized spacial score (nSPS) is 12.2. The van der Waals surface area contributed by atoms with Gasteiger partial charge in [-0.1, -0.05) is 0 Å². The van der Waals surface area contributed by atoms with Gasteiger partial charge in [-0.15, -0.1) is 0 Å². The molecule has 1 aromatic heterocycles. The summed E-state index contributed by atoms with van der Waals surface area (Å²) in [5.41, 5.74) is 4.88. The van der Waals surface area contributed by atoms with Crippen LogP contribution < -0.4 is 27.6 Å². The van der Waals surface area contributed by atoms with E-state index in [-0.39, 0.29) is 18.3 Å². The van der Waals surface area contributed by atoms with Crippen LogP contribution in [0.2, 0.25) is 0 Å². The largest absolute Gasteiger partial charge is 0.396 e. The standard InChI is InChI=1S/C12H23N5O3/c1-8(13)7-15-9-10(14-5-3-2-4-6-18)16-12(20)17-11(9)19/h8,15,18H,2-7,13H2,1H3,(H3,14,16,17,19,20)/t8-/m0/s1. The molecule has 0 bridgehead atoms. The number of H-pyrrole nitrogens is 2. The highest BCUT2D eigenvalue weighted by Crippen LogP contribution is 2.11. The van der Waals surface area contributed by atoms with E-state index < -0.39 is 11.2 Å². The van der Waals surface area contributed by atoms with Gasteiger partial charge in [-0.05, 0) is 26.2 Å². The summed E-state index contributed by atoms with van der Waals surface area (Å²) in [6.45, 7) is 3.01. The van der Waals surface area contributed by atoms with Gasteiger partial charge in [0, 0.05) is 25.7 Å². The molecule has 8 nitrogen and oxygen atoms in total. The van der Waals surface area contributed by atoms with Crippen molar-refractivity contribution in [2.24, 2.45) is 5.73 Å². The predicted octanol–water partition coefficient (Wildman–Crippen LogP) is -0.603. The summed E-state index contributed by atoms with van der Waals surface area (Å²) in [6, 6.07) is -0.112. The van der Waals surface area contributed by atoms with Crippen molar-refractivity contribution >= 4 is 11.5 Å². The van der Waals surface area contributed by atoms with Crippen LogP contribution >= 0.6 is 0 Å². The van der Waals surface area contributed by atoms with E-state index in [1.807, 2.05) is 6.92 Å². The molecule has 114 valence electrons. The van der Waals surface area contributed by atoms with Gasteiger partial charge in [-0.25, -0.2) is 4.79 Å². The molecule has 7 N–H and O–H groups in total. The summed E-state index contributed by atoms with van der Waals surface area (Å²) in [7, 11) is 0. The Labute approximate surface area is 116 Å². The van der Waals surface area contributed by atoms with Crippen LogP contribution in [0.25, 0.3) is 0 Å². The minimum atomic E-state index is -0.556. The lowest BCUT2D eigenvalue weighted by Crippen LogP contribution is -2.31. The second-order valence-electron chi connectivity index (χ2n) is 4.73. The number of aliphatic hydroxyl groups is 1. The third kappa shape index (κ3) is 5.45. The maximum Gasteiger partial charge on any atom is 0.327 e. The summed E-state index contributed by atoms with van der Waals surface area (Å²) < 4.78 is 0. The zero-order valence-corrected chi connectivity index (χ0v) is 11.7. The average Bonchev–Trinajstić information content (AvgIpc) is 2.36. The van der Waals surface area contributed by atoms with Crippen LogP contribution in [-0.2, 0) is 0 Å². The Morgan fingerprint density at radius 1 is 1.20 bits per heavy atom. The average molecular weight is 285 g/mol. The molecule has 1 atom stereocenters. The quantitative estimate of drug-likeness (QED) is 0.335. The zero-order valence-electron chi connectivity index (χ0n) is 11.7. The van der Waals surface area contributed by atoms with Gasteiger partial charge in [-0.2, -0.15) is 0 Å². The van der Waals surface area contributed by atoms with E-state index in [1.54, 1.807) is 0 Å². The van der Waals surface area contributed by atoms with E-state index >= 15 is 0 Å². The van der Waals surface area contributed by atoms with E-state index in [9.17, 15) is 9.59 Å². The molecule has 1 heterocycles. The van der Waals surface area contributed by atoms with Crippen LogP contribution in [-0.4, -0.2) is 40.8 Å². The fraction of sp³-hybridized carbons (Fsp3) is 0.667. The summed E-state index contributed by atoms with van der Waals surface area (Å²) in [4.78, 5) is 27.8. The van der Waals surface area contributed by atoms with Gasteiger partial charge in [-0.3, -0.25) is 14.8 Å². The topological polar surface area (TPSA) is 136 Å². The SMILES string of the molecule is C[C@H](N)CNc1c(NCCCCCO)[nH]c(=O)[nH]c1=O. The molecule has 0 aliphatic carbocycles. The van der Waals surface area contributed by atoms with Crippen LogP contribution in [0.1, 0.15) is 26.2 Å². The fourth-order valence-corrected chi connectivity index (χ4v) is 1.68. The van der Waals surface area contributed by atoms with Gasteiger partial charge < -0.3 is 21.5 Å². The number of aliphatic hydroxyl groups excluding tert-OH is 1. The summed E-state index contributed by atoms with van der Waals surface area (Å²) in [5, 5.41) is 14.6. The molecule has 1 rings (SSSR count). The third-order valence-electron chi connectivity index (χ3n) is 2.68. The zero-order chi connectivity index (χ0) is 15.0. The molecule has 0 saturated carbocycles. The van der Waals surface area contributed by atoms with E-state index in [4.69, 9.17) is 10.8 Å². The first-order chi connectivity index (χ1) is 9.54. The Kier molecular flexibility index (Phi) is 6.82. The molecule has 0 aliphatic rings. The van der Waals surface area contributed by atoms with Crippen molar-refractivity contribution in [1.82, 2.24) is 9.97 Å². The van der Waals surface area contributed by atoms with Crippen LogP contribution in [0.4, 0.5) is 11.5 Å². The van der Waals surface area contributed by atoms with Crippen LogP contribution in [0.15, 0.2) is 9.59 Å². The molecule has 0 fully saturated rings. The number of hydrogen-bond donors (Lipinski definition) is 6. The lowest BCUT2D eigenvalue weighted by molar-refractivity contribution is 0.283.